The maximum Gasteiger partial charge on any atom is 0.226 e. The van der Waals surface area contributed by atoms with Gasteiger partial charge >= 0.3 is 0 Å². The largest absolute Gasteiger partial charge is 0.377 e. The minimum Gasteiger partial charge on any atom is -0.377 e. The molecule has 4 atom stereocenters. The molecule has 2 saturated heterocycles. The van der Waals surface area contributed by atoms with Gasteiger partial charge in [-0.15, -0.1) is 0 Å². The van der Waals surface area contributed by atoms with Gasteiger partial charge in [-0.05, 0) is 49.0 Å². The highest BCUT2D eigenvalue weighted by atomic mass is 16.5. The Hall–Kier alpha value is -1.61. The van der Waals surface area contributed by atoms with Crippen LogP contribution in [0.25, 0.3) is 0 Å². The average molecular weight is 325 g/mol. The summed E-state index contributed by atoms with van der Waals surface area (Å²) < 4.78 is 5.89. The van der Waals surface area contributed by atoms with Gasteiger partial charge in [0.2, 0.25) is 5.91 Å². The number of hydrogen-bond donors (Lipinski definition) is 0. The molecule has 0 N–H and O–H groups in total. The van der Waals surface area contributed by atoms with Crippen LogP contribution in [0.2, 0.25) is 0 Å². The molecule has 4 rings (SSSR count). The third-order valence-corrected chi connectivity index (χ3v) is 6.08. The van der Waals surface area contributed by atoms with Crippen LogP contribution in [-0.2, 0) is 16.1 Å². The molecule has 2 bridgehead atoms. The Morgan fingerprint density at radius 2 is 1.96 bits per heavy atom. The quantitative estimate of drug-likeness (QED) is 0.611. The van der Waals surface area contributed by atoms with Crippen molar-refractivity contribution in [2.75, 3.05) is 19.7 Å². The predicted molar refractivity (Wildman–Crippen MR) is 94.2 cm³/mol. The second-order valence-corrected chi connectivity index (χ2v) is 7.49. The van der Waals surface area contributed by atoms with Crippen molar-refractivity contribution in [2.45, 2.75) is 32.3 Å². The lowest BCUT2D eigenvalue weighted by Gasteiger charge is -2.43. The number of fused-ring (bicyclic) bond motifs is 1. The number of hydrogen-bond acceptors (Lipinski definition) is 2. The highest BCUT2D eigenvalue weighted by molar-refractivity contribution is 5.81. The number of benzene rings is 1. The Kier molecular flexibility index (Phi) is 4.70. The van der Waals surface area contributed by atoms with Gasteiger partial charge in [-0.1, -0.05) is 42.5 Å². The minimum atomic E-state index is 0.241. The van der Waals surface area contributed by atoms with Gasteiger partial charge in [0.25, 0.3) is 0 Å². The molecule has 0 radical (unpaired) electrons. The first-order chi connectivity index (χ1) is 11.8. The number of allylic oxidation sites excluding steroid dienone is 2. The van der Waals surface area contributed by atoms with Gasteiger partial charge in [-0.2, -0.15) is 0 Å². The fraction of sp³-hybridized carbons (Fsp3) is 0.571. The van der Waals surface area contributed by atoms with E-state index in [0.29, 0.717) is 30.3 Å². The van der Waals surface area contributed by atoms with Crippen LogP contribution < -0.4 is 0 Å². The van der Waals surface area contributed by atoms with Gasteiger partial charge in [-0.3, -0.25) is 4.79 Å². The number of carbonyl (C=O) groups is 1. The van der Waals surface area contributed by atoms with Gasteiger partial charge in [0.1, 0.15) is 0 Å². The summed E-state index contributed by atoms with van der Waals surface area (Å²) in [4.78, 5) is 14.9. The zero-order chi connectivity index (χ0) is 16.4. The summed E-state index contributed by atoms with van der Waals surface area (Å²) in [5, 5.41) is 0. The molecule has 0 unspecified atom stereocenters. The van der Waals surface area contributed by atoms with Crippen molar-refractivity contribution in [1.82, 2.24) is 4.90 Å². The van der Waals surface area contributed by atoms with Crippen molar-refractivity contribution in [1.29, 1.82) is 0 Å². The van der Waals surface area contributed by atoms with E-state index in [-0.39, 0.29) is 5.92 Å². The lowest BCUT2D eigenvalue weighted by Crippen LogP contribution is -2.49. The number of amides is 1. The maximum absolute atomic E-state index is 12.8. The Bertz CT molecular complexity index is 597. The molecule has 1 aliphatic carbocycles. The fourth-order valence-electron chi connectivity index (χ4n) is 4.83. The summed E-state index contributed by atoms with van der Waals surface area (Å²) in [5.74, 6) is 2.18. The molecule has 0 aromatic heterocycles. The van der Waals surface area contributed by atoms with Crippen LogP contribution in [-0.4, -0.2) is 30.5 Å². The van der Waals surface area contributed by atoms with E-state index in [4.69, 9.17) is 4.74 Å². The molecular weight excluding hydrogens is 298 g/mol. The van der Waals surface area contributed by atoms with Gasteiger partial charge in [0.05, 0.1) is 6.61 Å². The van der Waals surface area contributed by atoms with Gasteiger partial charge < -0.3 is 9.64 Å². The molecule has 1 aromatic carbocycles. The SMILES string of the molecule is O=C1[C@H]2[C@@H]3CCN1CCC[C@@H]2C=C[C@@H]3CCOCc1ccccc1. The van der Waals surface area contributed by atoms with Crippen LogP contribution in [0.4, 0.5) is 0 Å². The van der Waals surface area contributed by atoms with Crippen molar-refractivity contribution in [3.8, 4) is 0 Å². The van der Waals surface area contributed by atoms with Crippen molar-refractivity contribution < 1.29 is 9.53 Å². The van der Waals surface area contributed by atoms with Crippen molar-refractivity contribution in [2.24, 2.45) is 23.7 Å². The van der Waals surface area contributed by atoms with Crippen LogP contribution in [0, 0.1) is 23.7 Å². The van der Waals surface area contributed by atoms with Crippen molar-refractivity contribution in [3.05, 3.63) is 48.0 Å². The van der Waals surface area contributed by atoms with Crippen LogP contribution >= 0.6 is 0 Å². The molecule has 0 spiro atoms. The van der Waals surface area contributed by atoms with E-state index >= 15 is 0 Å². The van der Waals surface area contributed by atoms with Crippen molar-refractivity contribution >= 4 is 5.91 Å². The summed E-state index contributed by atoms with van der Waals surface area (Å²) >= 11 is 0. The molecule has 3 aliphatic rings. The molecule has 2 heterocycles. The van der Waals surface area contributed by atoms with Crippen LogP contribution in [0.3, 0.4) is 0 Å². The van der Waals surface area contributed by atoms with Crippen LogP contribution in [0.1, 0.15) is 31.2 Å². The topological polar surface area (TPSA) is 29.5 Å². The van der Waals surface area contributed by atoms with Crippen molar-refractivity contribution in [3.63, 3.8) is 0 Å². The highest BCUT2D eigenvalue weighted by Gasteiger charge is 2.46. The van der Waals surface area contributed by atoms with E-state index in [1.165, 1.54) is 18.4 Å². The summed E-state index contributed by atoms with van der Waals surface area (Å²) in [6, 6.07) is 10.3. The monoisotopic (exact) mass is 325 g/mol. The second kappa shape index (κ2) is 7.10. The molecule has 0 saturated carbocycles. The Morgan fingerprint density at radius 1 is 1.08 bits per heavy atom. The molecule has 128 valence electrons. The lowest BCUT2D eigenvalue weighted by molar-refractivity contribution is -0.143. The Labute approximate surface area is 144 Å². The van der Waals surface area contributed by atoms with Gasteiger partial charge in [0, 0.05) is 25.6 Å². The number of piperidine rings is 1. The van der Waals surface area contributed by atoms with E-state index in [1.54, 1.807) is 0 Å². The molecule has 2 aliphatic heterocycles. The Morgan fingerprint density at radius 3 is 2.83 bits per heavy atom. The van der Waals surface area contributed by atoms with Gasteiger partial charge in [0.15, 0.2) is 0 Å². The molecule has 2 fully saturated rings. The smallest absolute Gasteiger partial charge is 0.226 e. The molecule has 1 aromatic rings. The summed E-state index contributed by atoms with van der Waals surface area (Å²) in [6.07, 6.45) is 9.28. The minimum absolute atomic E-state index is 0.241. The third kappa shape index (κ3) is 3.14. The molecule has 24 heavy (non-hydrogen) atoms. The highest BCUT2D eigenvalue weighted by Crippen LogP contribution is 2.44. The van der Waals surface area contributed by atoms with E-state index in [1.807, 2.05) is 18.2 Å². The fourth-order valence-corrected chi connectivity index (χ4v) is 4.83. The van der Waals surface area contributed by atoms with E-state index in [9.17, 15) is 4.79 Å². The molecule has 1 amide bonds. The average Bonchev–Trinajstić information content (AvgIpc) is 2.73. The normalized spacial score (nSPS) is 31.8. The number of carbonyl (C=O) groups excluding carboxylic acids is 1. The maximum atomic E-state index is 12.8. The Balaban J connectivity index is 1.35. The number of rotatable bonds is 5. The zero-order valence-electron chi connectivity index (χ0n) is 14.3. The second-order valence-electron chi connectivity index (χ2n) is 7.49. The third-order valence-electron chi connectivity index (χ3n) is 6.08. The van der Waals surface area contributed by atoms with E-state index in [2.05, 4.69) is 29.2 Å². The number of nitrogens with zero attached hydrogens (tertiary/aromatic N) is 1. The summed E-state index contributed by atoms with van der Waals surface area (Å²) in [6.45, 7) is 3.38. The van der Waals surface area contributed by atoms with E-state index < -0.39 is 0 Å². The first kappa shape index (κ1) is 15.9. The molecular formula is C21H27NO2. The predicted octanol–water partition coefficient (Wildman–Crippen LogP) is 3.65. The lowest BCUT2D eigenvalue weighted by atomic mass is 9.66. The first-order valence-electron chi connectivity index (χ1n) is 9.42. The number of ether oxygens (including phenoxy) is 1. The van der Waals surface area contributed by atoms with Crippen LogP contribution in [0.15, 0.2) is 42.5 Å². The first-order valence-corrected chi connectivity index (χ1v) is 9.42. The van der Waals surface area contributed by atoms with E-state index in [0.717, 1.165) is 32.5 Å². The summed E-state index contributed by atoms with van der Waals surface area (Å²) in [7, 11) is 0. The standard InChI is InChI=1S/C21H27NO2/c23-21-20-18-7-4-12-22(21)13-10-19(20)17(8-9-18)11-14-24-15-16-5-2-1-3-6-16/h1-3,5-6,8-9,17-20H,4,7,10-15H2/t17-,18-,19-,20-/m1/s1. The van der Waals surface area contributed by atoms with Crippen LogP contribution in [0.5, 0.6) is 0 Å². The molecule has 3 heteroatoms. The van der Waals surface area contributed by atoms with Gasteiger partial charge in [-0.25, -0.2) is 0 Å². The summed E-state index contributed by atoms with van der Waals surface area (Å²) in [5.41, 5.74) is 1.23. The molecule has 3 nitrogen and oxygen atoms in total. The zero-order valence-corrected chi connectivity index (χ0v) is 14.3.